The SMILES string of the molecule is Cc1ccc2cc(CN(C(=S)NCCCN3CCOCC3)C3CCCC3)c(=O)[nH]c2c1C. The molecule has 2 heterocycles. The van der Waals surface area contributed by atoms with Crippen LogP contribution in [0, 0.1) is 13.8 Å². The molecule has 0 spiro atoms. The van der Waals surface area contributed by atoms with Crippen LogP contribution in [0.1, 0.15) is 48.8 Å². The van der Waals surface area contributed by atoms with Crippen LogP contribution in [0.15, 0.2) is 23.0 Å². The van der Waals surface area contributed by atoms with Gasteiger partial charge in [-0.3, -0.25) is 9.69 Å². The van der Waals surface area contributed by atoms with Gasteiger partial charge in [-0.25, -0.2) is 0 Å². The first-order valence-electron chi connectivity index (χ1n) is 12.0. The fourth-order valence-corrected chi connectivity index (χ4v) is 5.19. The third-order valence-electron chi connectivity index (χ3n) is 7.03. The van der Waals surface area contributed by atoms with Gasteiger partial charge in [0.15, 0.2) is 5.11 Å². The summed E-state index contributed by atoms with van der Waals surface area (Å²) in [5.74, 6) is 0. The molecule has 2 fully saturated rings. The van der Waals surface area contributed by atoms with Crippen molar-refractivity contribution in [3.05, 3.63) is 45.2 Å². The molecule has 4 rings (SSSR count). The highest BCUT2D eigenvalue weighted by Crippen LogP contribution is 2.26. The summed E-state index contributed by atoms with van der Waals surface area (Å²) in [6.07, 6.45) is 5.79. The number of hydrogen-bond donors (Lipinski definition) is 2. The molecule has 1 aromatic heterocycles. The largest absolute Gasteiger partial charge is 0.379 e. The van der Waals surface area contributed by atoms with Gasteiger partial charge in [-0.05, 0) is 74.5 Å². The summed E-state index contributed by atoms with van der Waals surface area (Å²) in [5, 5.41) is 5.34. The summed E-state index contributed by atoms with van der Waals surface area (Å²) >= 11 is 5.83. The number of nitrogens with one attached hydrogen (secondary N) is 2. The fraction of sp³-hybridized carbons (Fsp3) is 0.600. The summed E-state index contributed by atoms with van der Waals surface area (Å²) in [4.78, 5) is 20.8. The minimum Gasteiger partial charge on any atom is -0.379 e. The van der Waals surface area contributed by atoms with Gasteiger partial charge in [-0.2, -0.15) is 0 Å². The maximum atomic E-state index is 12.9. The molecule has 1 saturated heterocycles. The third kappa shape index (κ3) is 5.50. The quantitative estimate of drug-likeness (QED) is 0.491. The summed E-state index contributed by atoms with van der Waals surface area (Å²) in [6.45, 7) is 10.3. The van der Waals surface area contributed by atoms with E-state index >= 15 is 0 Å². The minimum atomic E-state index is -0.00989. The van der Waals surface area contributed by atoms with Gasteiger partial charge in [0, 0.05) is 31.2 Å². The van der Waals surface area contributed by atoms with Crippen molar-refractivity contribution in [2.45, 2.75) is 58.5 Å². The molecule has 0 unspecified atom stereocenters. The Morgan fingerprint density at radius 2 is 2.00 bits per heavy atom. The summed E-state index contributed by atoms with van der Waals surface area (Å²) < 4.78 is 5.43. The number of H-pyrrole nitrogens is 1. The number of aromatic nitrogens is 1. The molecule has 2 aromatic rings. The number of ether oxygens (including phenoxy) is 1. The Hall–Kier alpha value is -1.96. The first-order chi connectivity index (χ1) is 15.5. The number of rotatable bonds is 7. The maximum absolute atomic E-state index is 12.9. The van der Waals surface area contributed by atoms with E-state index < -0.39 is 0 Å². The van der Waals surface area contributed by atoms with Crippen LogP contribution in [-0.2, 0) is 11.3 Å². The number of nitrogens with zero attached hydrogens (tertiary/aromatic N) is 2. The summed E-state index contributed by atoms with van der Waals surface area (Å²) in [7, 11) is 0. The number of thiocarbonyl (C=S) groups is 1. The zero-order chi connectivity index (χ0) is 22.5. The van der Waals surface area contributed by atoms with E-state index in [1.807, 2.05) is 6.07 Å². The number of pyridine rings is 1. The van der Waals surface area contributed by atoms with Crippen molar-refractivity contribution in [1.29, 1.82) is 0 Å². The van der Waals surface area contributed by atoms with E-state index in [1.165, 1.54) is 18.4 Å². The Labute approximate surface area is 196 Å². The fourth-order valence-electron chi connectivity index (χ4n) is 4.88. The molecule has 0 radical (unpaired) electrons. The molecule has 1 aliphatic heterocycles. The lowest BCUT2D eigenvalue weighted by atomic mass is 10.0. The highest BCUT2D eigenvalue weighted by atomic mass is 32.1. The normalized spacial score (nSPS) is 17.7. The minimum absolute atomic E-state index is 0.00989. The Kier molecular flexibility index (Phi) is 7.81. The van der Waals surface area contributed by atoms with E-state index in [0.29, 0.717) is 12.6 Å². The van der Waals surface area contributed by atoms with E-state index in [4.69, 9.17) is 17.0 Å². The van der Waals surface area contributed by atoms with Crippen LogP contribution in [0.25, 0.3) is 10.9 Å². The highest BCUT2D eigenvalue weighted by Gasteiger charge is 2.25. The van der Waals surface area contributed by atoms with Crippen LogP contribution >= 0.6 is 12.2 Å². The van der Waals surface area contributed by atoms with E-state index in [2.05, 4.69) is 46.1 Å². The van der Waals surface area contributed by atoms with Crippen LogP contribution in [0.3, 0.4) is 0 Å². The van der Waals surface area contributed by atoms with Crippen molar-refractivity contribution in [1.82, 2.24) is 20.1 Å². The number of aromatic amines is 1. The average Bonchev–Trinajstić information content (AvgIpc) is 3.33. The first kappa shape index (κ1) is 23.2. The second kappa shape index (κ2) is 10.8. The van der Waals surface area contributed by atoms with Crippen LogP contribution < -0.4 is 10.9 Å². The predicted molar refractivity (Wildman–Crippen MR) is 134 cm³/mol. The molecule has 32 heavy (non-hydrogen) atoms. The van der Waals surface area contributed by atoms with Gasteiger partial charge >= 0.3 is 0 Å². The third-order valence-corrected chi connectivity index (χ3v) is 7.40. The van der Waals surface area contributed by atoms with Crippen molar-refractivity contribution in [3.63, 3.8) is 0 Å². The second-order valence-electron chi connectivity index (χ2n) is 9.20. The van der Waals surface area contributed by atoms with Crippen molar-refractivity contribution >= 4 is 28.2 Å². The number of hydrogen-bond acceptors (Lipinski definition) is 4. The topological polar surface area (TPSA) is 60.6 Å². The van der Waals surface area contributed by atoms with Crippen LogP contribution in [-0.4, -0.2) is 65.3 Å². The van der Waals surface area contributed by atoms with Crippen LogP contribution in [0.2, 0.25) is 0 Å². The zero-order valence-electron chi connectivity index (χ0n) is 19.4. The monoisotopic (exact) mass is 456 g/mol. The summed E-state index contributed by atoms with van der Waals surface area (Å²) in [5.41, 5.74) is 4.04. The molecule has 7 heteroatoms. The lowest BCUT2D eigenvalue weighted by Crippen LogP contribution is -2.46. The standard InChI is InChI=1S/C25H36N4O2S/c1-18-8-9-20-16-21(24(30)27-23(20)19(18)2)17-29(22-6-3-4-7-22)25(32)26-10-5-11-28-12-14-31-15-13-28/h8-9,16,22H,3-7,10-15,17H2,1-2H3,(H,26,32)(H,27,30). The molecule has 6 nitrogen and oxygen atoms in total. The maximum Gasteiger partial charge on any atom is 0.253 e. The van der Waals surface area contributed by atoms with Gasteiger partial charge in [0.1, 0.15) is 0 Å². The van der Waals surface area contributed by atoms with Crippen molar-refractivity contribution < 1.29 is 4.74 Å². The van der Waals surface area contributed by atoms with Gasteiger partial charge in [0.2, 0.25) is 0 Å². The molecule has 2 aliphatic rings. The molecule has 2 N–H and O–H groups in total. The average molecular weight is 457 g/mol. The Bertz CT molecular complexity index is 993. The van der Waals surface area contributed by atoms with Gasteiger partial charge in [-0.1, -0.05) is 25.0 Å². The Morgan fingerprint density at radius 3 is 2.75 bits per heavy atom. The summed E-state index contributed by atoms with van der Waals surface area (Å²) in [6, 6.07) is 6.67. The first-order valence-corrected chi connectivity index (χ1v) is 12.4. The molecule has 0 amide bonds. The van der Waals surface area contributed by atoms with Crippen LogP contribution in [0.4, 0.5) is 0 Å². The molecule has 1 aliphatic carbocycles. The van der Waals surface area contributed by atoms with E-state index in [-0.39, 0.29) is 5.56 Å². The van der Waals surface area contributed by atoms with Crippen molar-refractivity contribution in [2.75, 3.05) is 39.4 Å². The van der Waals surface area contributed by atoms with Gasteiger partial charge in [0.25, 0.3) is 5.56 Å². The van der Waals surface area contributed by atoms with Crippen LogP contribution in [0.5, 0.6) is 0 Å². The molecule has 0 atom stereocenters. The number of morpholine rings is 1. The van der Waals surface area contributed by atoms with Crippen molar-refractivity contribution in [3.8, 4) is 0 Å². The molecule has 0 bridgehead atoms. The molecular weight excluding hydrogens is 420 g/mol. The lowest BCUT2D eigenvalue weighted by Gasteiger charge is -2.32. The Balaban J connectivity index is 1.43. The zero-order valence-corrected chi connectivity index (χ0v) is 20.2. The molecular formula is C25H36N4O2S. The van der Waals surface area contributed by atoms with E-state index in [9.17, 15) is 4.79 Å². The lowest BCUT2D eigenvalue weighted by molar-refractivity contribution is 0.0375. The number of aryl methyl sites for hydroxylation is 2. The van der Waals surface area contributed by atoms with Gasteiger partial charge in [0.05, 0.1) is 25.3 Å². The van der Waals surface area contributed by atoms with E-state index in [1.54, 1.807) is 0 Å². The van der Waals surface area contributed by atoms with Gasteiger partial charge < -0.3 is 19.9 Å². The van der Waals surface area contributed by atoms with E-state index in [0.717, 1.165) is 85.8 Å². The Morgan fingerprint density at radius 1 is 1.25 bits per heavy atom. The number of benzene rings is 1. The molecule has 1 aromatic carbocycles. The van der Waals surface area contributed by atoms with Crippen molar-refractivity contribution in [2.24, 2.45) is 0 Å². The smallest absolute Gasteiger partial charge is 0.253 e. The molecule has 174 valence electrons. The predicted octanol–water partition coefficient (Wildman–Crippen LogP) is 3.49. The van der Waals surface area contributed by atoms with Gasteiger partial charge in [-0.15, -0.1) is 0 Å². The number of fused-ring (bicyclic) bond motifs is 1. The highest BCUT2D eigenvalue weighted by molar-refractivity contribution is 7.80. The molecule has 1 saturated carbocycles. The second-order valence-corrected chi connectivity index (χ2v) is 9.59.